The number of amides is 1. The molecule has 0 aliphatic carbocycles. The van der Waals surface area contributed by atoms with Crippen LogP contribution in [0.3, 0.4) is 0 Å². The number of nitrogens with zero attached hydrogens (tertiary/aromatic N) is 2. The molecule has 1 aromatic carbocycles. The van der Waals surface area contributed by atoms with E-state index in [9.17, 15) is 9.18 Å². The maximum Gasteiger partial charge on any atom is 0.248 e. The van der Waals surface area contributed by atoms with Crippen molar-refractivity contribution in [3.8, 4) is 0 Å². The molecule has 0 radical (unpaired) electrons. The monoisotopic (exact) mass is 386 g/mol. The van der Waals surface area contributed by atoms with Crippen LogP contribution >= 0.6 is 24.0 Å². The number of benzene rings is 1. The molecule has 0 saturated carbocycles. The van der Waals surface area contributed by atoms with E-state index in [1.807, 2.05) is 0 Å². The van der Waals surface area contributed by atoms with Crippen molar-refractivity contribution >= 4 is 29.9 Å². The van der Waals surface area contributed by atoms with Gasteiger partial charge in [0.25, 0.3) is 0 Å². The highest BCUT2D eigenvalue weighted by Crippen LogP contribution is 2.30. The molecule has 1 atom stereocenters. The predicted molar refractivity (Wildman–Crippen MR) is 97.5 cm³/mol. The van der Waals surface area contributed by atoms with Crippen LogP contribution in [0.15, 0.2) is 36.7 Å². The number of rotatable bonds is 4. The number of halogens is 3. The molecule has 136 valence electrons. The molecule has 0 spiro atoms. The van der Waals surface area contributed by atoms with Crippen molar-refractivity contribution in [2.45, 2.75) is 31.3 Å². The van der Waals surface area contributed by atoms with Crippen LogP contribution in [-0.2, 0) is 10.3 Å². The maximum absolute atomic E-state index is 14.1. The third-order valence-electron chi connectivity index (χ3n) is 4.58. The normalized spacial score (nSPS) is 17.4. The van der Waals surface area contributed by atoms with Crippen LogP contribution in [-0.4, -0.2) is 28.8 Å². The van der Waals surface area contributed by atoms with E-state index in [1.54, 1.807) is 42.2 Å². The van der Waals surface area contributed by atoms with E-state index >= 15 is 0 Å². The lowest BCUT2D eigenvalue weighted by atomic mass is 9.87. The molecular weight excluding hydrogens is 366 g/mol. The molecule has 2 N–H and O–H groups in total. The Bertz CT molecular complexity index is 697. The fourth-order valence-corrected chi connectivity index (χ4v) is 3.58. The topological polar surface area (TPSA) is 59.0 Å². The van der Waals surface area contributed by atoms with E-state index in [0.29, 0.717) is 23.4 Å². The Balaban J connectivity index is 0.00000225. The molecule has 2 aromatic rings. The van der Waals surface area contributed by atoms with Crippen LogP contribution in [0.25, 0.3) is 0 Å². The molecule has 25 heavy (non-hydrogen) atoms. The minimum absolute atomic E-state index is 0. The molecule has 1 aliphatic rings. The molecule has 2 heterocycles. The Hall–Kier alpha value is -1.63. The smallest absolute Gasteiger partial charge is 0.248 e. The fraction of sp³-hybridized carbons (Fsp3) is 0.412. The summed E-state index contributed by atoms with van der Waals surface area (Å²) in [5, 5.41) is 10.8. The SMILES string of the molecule is CC(NC(=O)C1(n2cccn2)CCNCC1)c1c(F)cccc1Cl.Cl. The zero-order valence-electron chi connectivity index (χ0n) is 13.8. The molecule has 1 aromatic heterocycles. The van der Waals surface area contributed by atoms with E-state index < -0.39 is 17.4 Å². The van der Waals surface area contributed by atoms with Gasteiger partial charge in [-0.25, -0.2) is 4.39 Å². The third-order valence-corrected chi connectivity index (χ3v) is 4.91. The average Bonchev–Trinajstić information content (AvgIpc) is 3.10. The van der Waals surface area contributed by atoms with Gasteiger partial charge in [-0.15, -0.1) is 12.4 Å². The van der Waals surface area contributed by atoms with Gasteiger partial charge in [0.2, 0.25) is 5.91 Å². The molecule has 8 heteroatoms. The van der Waals surface area contributed by atoms with Crippen molar-refractivity contribution in [3.05, 3.63) is 53.1 Å². The van der Waals surface area contributed by atoms with E-state index in [2.05, 4.69) is 15.7 Å². The number of carbonyl (C=O) groups is 1. The number of nitrogens with one attached hydrogen (secondary N) is 2. The van der Waals surface area contributed by atoms with Crippen molar-refractivity contribution < 1.29 is 9.18 Å². The van der Waals surface area contributed by atoms with Gasteiger partial charge in [0.1, 0.15) is 11.4 Å². The van der Waals surface area contributed by atoms with Crippen LogP contribution in [0.2, 0.25) is 5.02 Å². The van der Waals surface area contributed by atoms with E-state index in [4.69, 9.17) is 11.6 Å². The van der Waals surface area contributed by atoms with Crippen molar-refractivity contribution in [1.82, 2.24) is 20.4 Å². The number of hydrogen-bond acceptors (Lipinski definition) is 3. The summed E-state index contributed by atoms with van der Waals surface area (Å²) >= 11 is 6.11. The molecular formula is C17H21Cl2FN4O. The van der Waals surface area contributed by atoms with Gasteiger partial charge < -0.3 is 10.6 Å². The van der Waals surface area contributed by atoms with E-state index in [1.165, 1.54) is 6.07 Å². The average molecular weight is 387 g/mol. The predicted octanol–water partition coefficient (Wildman–Crippen LogP) is 3.05. The lowest BCUT2D eigenvalue weighted by Crippen LogP contribution is -2.55. The molecule has 1 fully saturated rings. The summed E-state index contributed by atoms with van der Waals surface area (Å²) in [6, 6.07) is 5.78. The number of piperidine rings is 1. The summed E-state index contributed by atoms with van der Waals surface area (Å²) in [7, 11) is 0. The highest BCUT2D eigenvalue weighted by atomic mass is 35.5. The molecule has 0 bridgehead atoms. The summed E-state index contributed by atoms with van der Waals surface area (Å²) in [5.41, 5.74) is -0.460. The first kappa shape index (κ1) is 19.7. The van der Waals surface area contributed by atoms with E-state index in [-0.39, 0.29) is 18.3 Å². The zero-order chi connectivity index (χ0) is 17.2. The minimum Gasteiger partial charge on any atom is -0.347 e. The number of aromatic nitrogens is 2. The summed E-state index contributed by atoms with van der Waals surface area (Å²) < 4.78 is 15.8. The molecule has 1 unspecified atom stereocenters. The second-order valence-electron chi connectivity index (χ2n) is 6.06. The zero-order valence-corrected chi connectivity index (χ0v) is 15.4. The highest BCUT2D eigenvalue weighted by Gasteiger charge is 2.42. The Morgan fingerprint density at radius 2 is 2.12 bits per heavy atom. The largest absolute Gasteiger partial charge is 0.347 e. The first-order valence-corrected chi connectivity index (χ1v) is 8.38. The van der Waals surface area contributed by atoms with Gasteiger partial charge in [-0.3, -0.25) is 9.48 Å². The summed E-state index contributed by atoms with van der Waals surface area (Å²) in [6.07, 6.45) is 4.70. The second kappa shape index (κ2) is 8.17. The third kappa shape index (κ3) is 3.81. The van der Waals surface area contributed by atoms with Gasteiger partial charge in [-0.05, 0) is 51.1 Å². The van der Waals surface area contributed by atoms with Crippen LogP contribution in [0.4, 0.5) is 4.39 Å². The lowest BCUT2D eigenvalue weighted by Gasteiger charge is -2.37. The van der Waals surface area contributed by atoms with E-state index in [0.717, 1.165) is 13.1 Å². The first-order valence-electron chi connectivity index (χ1n) is 8.00. The summed E-state index contributed by atoms with van der Waals surface area (Å²) in [6.45, 7) is 3.18. The molecule has 1 aliphatic heterocycles. The van der Waals surface area contributed by atoms with Gasteiger partial charge in [0.05, 0.1) is 6.04 Å². The molecule has 5 nitrogen and oxygen atoms in total. The molecule has 1 saturated heterocycles. The van der Waals surface area contributed by atoms with Gasteiger partial charge in [-0.1, -0.05) is 17.7 Å². The van der Waals surface area contributed by atoms with Gasteiger partial charge in [0, 0.05) is 23.0 Å². The minimum atomic E-state index is -0.763. The van der Waals surface area contributed by atoms with Crippen molar-refractivity contribution in [3.63, 3.8) is 0 Å². The van der Waals surface area contributed by atoms with Gasteiger partial charge in [-0.2, -0.15) is 5.10 Å². The van der Waals surface area contributed by atoms with Crippen LogP contribution in [0.1, 0.15) is 31.4 Å². The Labute approximate surface area is 157 Å². The van der Waals surface area contributed by atoms with Crippen LogP contribution in [0, 0.1) is 5.82 Å². The first-order chi connectivity index (χ1) is 11.5. The van der Waals surface area contributed by atoms with Crippen LogP contribution in [0.5, 0.6) is 0 Å². The Morgan fingerprint density at radius 3 is 2.72 bits per heavy atom. The maximum atomic E-state index is 14.1. The fourth-order valence-electron chi connectivity index (χ4n) is 3.25. The molecule has 3 rings (SSSR count). The number of carbonyl (C=O) groups excluding carboxylic acids is 1. The Kier molecular flexibility index (Phi) is 6.43. The van der Waals surface area contributed by atoms with Crippen molar-refractivity contribution in [1.29, 1.82) is 0 Å². The quantitative estimate of drug-likeness (QED) is 0.848. The lowest BCUT2D eigenvalue weighted by molar-refractivity contribution is -0.132. The number of hydrogen-bond donors (Lipinski definition) is 2. The second-order valence-corrected chi connectivity index (χ2v) is 6.47. The summed E-state index contributed by atoms with van der Waals surface area (Å²) in [4.78, 5) is 13.1. The van der Waals surface area contributed by atoms with Gasteiger partial charge in [0.15, 0.2) is 0 Å². The standard InChI is InChI=1S/C17H20ClFN4O.ClH/c1-12(15-13(18)4-2-5-14(15)19)22-16(24)17(6-9-20-10-7-17)23-11-3-8-21-23;/h2-5,8,11-12,20H,6-7,9-10H2,1H3,(H,22,24);1H. The van der Waals surface area contributed by atoms with Crippen LogP contribution < -0.4 is 10.6 Å². The highest BCUT2D eigenvalue weighted by molar-refractivity contribution is 6.31. The van der Waals surface area contributed by atoms with Crippen molar-refractivity contribution in [2.24, 2.45) is 0 Å². The van der Waals surface area contributed by atoms with Gasteiger partial charge >= 0.3 is 0 Å². The molecule has 1 amide bonds. The summed E-state index contributed by atoms with van der Waals surface area (Å²) in [5.74, 6) is -0.590. The van der Waals surface area contributed by atoms with Crippen molar-refractivity contribution in [2.75, 3.05) is 13.1 Å². The Morgan fingerprint density at radius 1 is 1.40 bits per heavy atom.